The lowest BCUT2D eigenvalue weighted by molar-refractivity contribution is -0.135. The van der Waals surface area contributed by atoms with E-state index < -0.39 is 18.2 Å². The summed E-state index contributed by atoms with van der Waals surface area (Å²) < 4.78 is 10.7. The zero-order valence-corrected chi connectivity index (χ0v) is 15.0. The fourth-order valence-electron chi connectivity index (χ4n) is 3.09. The number of aromatic amines is 1. The summed E-state index contributed by atoms with van der Waals surface area (Å²) in [6, 6.07) is 4.95. The van der Waals surface area contributed by atoms with Gasteiger partial charge in [0.1, 0.15) is 18.0 Å². The van der Waals surface area contributed by atoms with E-state index in [0.29, 0.717) is 12.2 Å². The average molecular weight is 347 g/mol. The van der Waals surface area contributed by atoms with Gasteiger partial charge in [0.25, 0.3) is 5.91 Å². The third-order valence-electron chi connectivity index (χ3n) is 4.76. The van der Waals surface area contributed by atoms with Crippen LogP contribution in [-0.4, -0.2) is 71.5 Å². The molecule has 3 rings (SSSR count). The van der Waals surface area contributed by atoms with E-state index in [1.54, 1.807) is 19.2 Å². The summed E-state index contributed by atoms with van der Waals surface area (Å²) in [5.41, 5.74) is 2.21. The van der Waals surface area contributed by atoms with Crippen molar-refractivity contribution in [3.8, 4) is 0 Å². The van der Waals surface area contributed by atoms with E-state index in [2.05, 4.69) is 23.8 Å². The Morgan fingerprint density at radius 3 is 2.88 bits per heavy atom. The van der Waals surface area contributed by atoms with Crippen LogP contribution in [0.25, 0.3) is 11.0 Å². The van der Waals surface area contributed by atoms with Crippen LogP contribution in [0, 0.1) is 0 Å². The molecule has 1 aromatic carbocycles. The van der Waals surface area contributed by atoms with E-state index in [1.165, 1.54) is 12.0 Å². The number of aromatic nitrogens is 2. The van der Waals surface area contributed by atoms with E-state index in [-0.39, 0.29) is 18.4 Å². The highest BCUT2D eigenvalue weighted by atomic mass is 16.5. The Balaban J connectivity index is 1.83. The Morgan fingerprint density at radius 2 is 2.20 bits per heavy atom. The molecule has 2 aromatic rings. The van der Waals surface area contributed by atoms with Crippen molar-refractivity contribution in [2.45, 2.75) is 38.0 Å². The van der Waals surface area contributed by atoms with E-state index in [1.807, 2.05) is 6.07 Å². The normalized spacial score (nSPS) is 24.0. The van der Waals surface area contributed by atoms with E-state index in [4.69, 9.17) is 9.47 Å². The Labute approximate surface area is 146 Å². The minimum atomic E-state index is -0.781. The maximum atomic E-state index is 12.9. The second kappa shape index (κ2) is 7.11. The van der Waals surface area contributed by atoms with Crippen molar-refractivity contribution >= 4 is 16.9 Å². The van der Waals surface area contributed by atoms with Gasteiger partial charge in [-0.1, -0.05) is 13.8 Å². The number of H-pyrrole nitrogens is 1. The number of hydrogen-bond donors (Lipinski definition) is 2. The fourth-order valence-corrected chi connectivity index (χ4v) is 3.09. The number of benzene rings is 1. The summed E-state index contributed by atoms with van der Waals surface area (Å²) >= 11 is 0. The zero-order chi connectivity index (χ0) is 18.1. The number of amides is 1. The van der Waals surface area contributed by atoms with Crippen LogP contribution < -0.4 is 0 Å². The van der Waals surface area contributed by atoms with Crippen LogP contribution in [0.2, 0.25) is 0 Å². The summed E-state index contributed by atoms with van der Waals surface area (Å²) in [4.78, 5) is 22.2. The lowest BCUT2D eigenvalue weighted by Gasteiger charge is -2.38. The topological polar surface area (TPSA) is 87.7 Å². The van der Waals surface area contributed by atoms with Crippen LogP contribution >= 0.6 is 0 Å². The number of nitrogens with zero attached hydrogens (tertiary/aromatic N) is 2. The molecule has 0 radical (unpaired) electrons. The summed E-state index contributed by atoms with van der Waals surface area (Å²) in [6.07, 6.45) is -1.21. The second-order valence-corrected chi connectivity index (χ2v) is 6.79. The van der Waals surface area contributed by atoms with Gasteiger partial charge in [0.2, 0.25) is 0 Å². The van der Waals surface area contributed by atoms with Gasteiger partial charge in [0.15, 0.2) is 0 Å². The summed E-state index contributed by atoms with van der Waals surface area (Å²) in [6.45, 7) is 4.74. The third kappa shape index (κ3) is 3.40. The molecule has 1 saturated heterocycles. The maximum absolute atomic E-state index is 12.9. The molecular weight excluding hydrogens is 322 g/mol. The quantitative estimate of drug-likeness (QED) is 0.876. The van der Waals surface area contributed by atoms with Gasteiger partial charge in [-0.2, -0.15) is 0 Å². The summed E-state index contributed by atoms with van der Waals surface area (Å²) in [7, 11) is 3.20. The molecule has 1 fully saturated rings. The van der Waals surface area contributed by atoms with Gasteiger partial charge in [-0.05, 0) is 18.2 Å². The molecule has 7 heteroatoms. The van der Waals surface area contributed by atoms with Crippen molar-refractivity contribution in [1.29, 1.82) is 0 Å². The molecule has 3 atom stereocenters. The number of hydrogen-bond acceptors (Lipinski definition) is 5. The number of aliphatic hydroxyl groups is 1. The number of carbonyl (C=O) groups excluding carboxylic acids is 1. The molecule has 136 valence electrons. The van der Waals surface area contributed by atoms with Crippen LogP contribution in [-0.2, 0) is 9.47 Å². The Bertz CT molecular complexity index is 758. The van der Waals surface area contributed by atoms with Gasteiger partial charge in [-0.15, -0.1) is 0 Å². The zero-order valence-electron chi connectivity index (χ0n) is 15.0. The number of methoxy groups -OCH3 is 1. The highest BCUT2D eigenvalue weighted by Crippen LogP contribution is 2.21. The van der Waals surface area contributed by atoms with Crippen molar-refractivity contribution in [2.75, 3.05) is 27.4 Å². The molecule has 1 aromatic heterocycles. The van der Waals surface area contributed by atoms with Crippen molar-refractivity contribution in [3.05, 3.63) is 29.6 Å². The molecule has 2 heterocycles. The first-order valence-corrected chi connectivity index (χ1v) is 8.47. The lowest BCUT2D eigenvalue weighted by atomic mass is 10.0. The summed E-state index contributed by atoms with van der Waals surface area (Å²) in [5, 5.41) is 10.4. The van der Waals surface area contributed by atoms with Gasteiger partial charge < -0.3 is 24.5 Å². The number of rotatable bonds is 4. The molecule has 0 unspecified atom stereocenters. The first kappa shape index (κ1) is 17.8. The Kier molecular flexibility index (Phi) is 5.08. The number of ether oxygens (including phenoxy) is 2. The molecule has 0 aliphatic carbocycles. The number of nitrogens with one attached hydrogen (secondary N) is 1. The molecule has 0 saturated carbocycles. The van der Waals surface area contributed by atoms with Crippen LogP contribution in [0.15, 0.2) is 18.2 Å². The van der Waals surface area contributed by atoms with E-state index >= 15 is 0 Å². The van der Waals surface area contributed by atoms with Gasteiger partial charge in [0, 0.05) is 25.6 Å². The van der Waals surface area contributed by atoms with Gasteiger partial charge in [-0.3, -0.25) is 4.79 Å². The molecule has 1 amide bonds. The minimum absolute atomic E-state index is 0.174. The number of imidazole rings is 1. The SMILES string of the molecule is CO[C@@H]1COC[C@@H](N(C)C(=O)c2ccc3nc(C(C)C)[nH]c3c2)[C@@H]1O. The molecular formula is C18H25N3O4. The number of likely N-dealkylation sites (N-methyl/N-ethyl adjacent to an activating group) is 1. The molecule has 1 aliphatic rings. The van der Waals surface area contributed by atoms with Crippen LogP contribution in [0.4, 0.5) is 0 Å². The first-order chi connectivity index (χ1) is 11.9. The van der Waals surface area contributed by atoms with Crippen molar-refractivity contribution in [1.82, 2.24) is 14.9 Å². The highest BCUT2D eigenvalue weighted by molar-refractivity contribution is 5.97. The predicted molar refractivity (Wildman–Crippen MR) is 93.7 cm³/mol. The van der Waals surface area contributed by atoms with Crippen LogP contribution in [0.5, 0.6) is 0 Å². The standard InChI is InChI=1S/C18H25N3O4/c1-10(2)17-19-12-6-5-11(7-13(12)20-17)18(23)21(3)14-8-25-9-15(24-4)16(14)22/h5-7,10,14-16,22H,8-9H2,1-4H3,(H,19,20)/t14-,15-,16+/m1/s1. The lowest BCUT2D eigenvalue weighted by Crippen LogP contribution is -2.56. The fraction of sp³-hybridized carbons (Fsp3) is 0.556. The smallest absolute Gasteiger partial charge is 0.254 e. The first-order valence-electron chi connectivity index (χ1n) is 8.47. The third-order valence-corrected chi connectivity index (χ3v) is 4.76. The van der Waals surface area contributed by atoms with Crippen LogP contribution in [0.3, 0.4) is 0 Å². The highest BCUT2D eigenvalue weighted by Gasteiger charge is 2.37. The maximum Gasteiger partial charge on any atom is 0.254 e. The molecule has 0 bridgehead atoms. The predicted octanol–water partition coefficient (Wildman–Crippen LogP) is 1.53. The minimum Gasteiger partial charge on any atom is -0.388 e. The second-order valence-electron chi connectivity index (χ2n) is 6.79. The number of carbonyl (C=O) groups is 1. The number of aliphatic hydroxyl groups excluding tert-OH is 1. The van der Waals surface area contributed by atoms with E-state index in [0.717, 1.165) is 16.9 Å². The Morgan fingerprint density at radius 1 is 1.44 bits per heavy atom. The molecule has 25 heavy (non-hydrogen) atoms. The summed E-state index contributed by atoms with van der Waals surface area (Å²) in [5.74, 6) is 1.01. The largest absolute Gasteiger partial charge is 0.388 e. The number of fused-ring (bicyclic) bond motifs is 1. The van der Waals surface area contributed by atoms with Crippen LogP contribution in [0.1, 0.15) is 35.9 Å². The monoisotopic (exact) mass is 347 g/mol. The van der Waals surface area contributed by atoms with Gasteiger partial charge >= 0.3 is 0 Å². The average Bonchev–Trinajstić information content (AvgIpc) is 3.04. The molecule has 0 spiro atoms. The van der Waals surface area contributed by atoms with Crippen molar-refractivity contribution < 1.29 is 19.4 Å². The van der Waals surface area contributed by atoms with Gasteiger partial charge in [-0.25, -0.2) is 4.98 Å². The van der Waals surface area contributed by atoms with Gasteiger partial charge in [0.05, 0.1) is 30.3 Å². The Hall–Kier alpha value is -1.96. The molecule has 2 N–H and O–H groups in total. The van der Waals surface area contributed by atoms with E-state index in [9.17, 15) is 9.90 Å². The van der Waals surface area contributed by atoms with Crippen molar-refractivity contribution in [2.24, 2.45) is 0 Å². The molecule has 1 aliphatic heterocycles. The van der Waals surface area contributed by atoms with Crippen molar-refractivity contribution in [3.63, 3.8) is 0 Å². The molecule has 7 nitrogen and oxygen atoms in total.